The van der Waals surface area contributed by atoms with Crippen molar-refractivity contribution in [3.05, 3.63) is 39.9 Å². The molecule has 0 atom stereocenters. The van der Waals surface area contributed by atoms with Gasteiger partial charge in [0.1, 0.15) is 5.56 Å². The zero-order valence-corrected chi connectivity index (χ0v) is 11.4. The molecule has 0 fully saturated rings. The van der Waals surface area contributed by atoms with Crippen molar-refractivity contribution in [3.63, 3.8) is 0 Å². The van der Waals surface area contributed by atoms with Crippen molar-refractivity contribution in [2.24, 2.45) is 0 Å². The van der Waals surface area contributed by atoms with Gasteiger partial charge in [0.15, 0.2) is 0 Å². The first-order valence-electron chi connectivity index (χ1n) is 6.11. The summed E-state index contributed by atoms with van der Waals surface area (Å²) in [4.78, 5) is 34.8. The Bertz CT molecular complexity index is 515. The first-order valence-corrected chi connectivity index (χ1v) is 6.11. The van der Waals surface area contributed by atoms with Crippen LogP contribution in [0.1, 0.15) is 23.7 Å². The van der Waals surface area contributed by atoms with E-state index >= 15 is 0 Å². The number of hydrogen-bond acceptors (Lipinski definition) is 5. The van der Waals surface area contributed by atoms with E-state index in [1.54, 1.807) is 13.0 Å². The molecule has 0 spiro atoms. The summed E-state index contributed by atoms with van der Waals surface area (Å²) in [5.74, 6) is -0.906. The molecule has 0 aliphatic carbocycles. The number of hydrogen-bond donors (Lipinski definition) is 0. The van der Waals surface area contributed by atoms with Gasteiger partial charge in [-0.3, -0.25) is 19.7 Å². The lowest BCUT2D eigenvalue weighted by molar-refractivity contribution is -0.385. The van der Waals surface area contributed by atoms with Crippen molar-refractivity contribution >= 4 is 17.6 Å². The molecule has 0 unspecified atom stereocenters. The molecule has 20 heavy (non-hydrogen) atoms. The number of benzene rings is 1. The second-order valence-corrected chi connectivity index (χ2v) is 4.06. The van der Waals surface area contributed by atoms with Crippen molar-refractivity contribution in [1.29, 1.82) is 0 Å². The van der Waals surface area contributed by atoms with Gasteiger partial charge in [-0.05, 0) is 13.0 Å². The van der Waals surface area contributed by atoms with Gasteiger partial charge in [0, 0.05) is 19.7 Å². The van der Waals surface area contributed by atoms with E-state index in [0.717, 1.165) is 0 Å². The summed E-state index contributed by atoms with van der Waals surface area (Å²) in [7, 11) is 1.48. The van der Waals surface area contributed by atoms with Gasteiger partial charge >= 0.3 is 5.97 Å². The largest absolute Gasteiger partial charge is 0.466 e. The standard InChI is InChI=1S/C13H16N2O5/c1-3-20-12(16)8-9-14(2)13(17)10-6-4-5-7-11(10)15(18)19/h4-7H,3,8-9H2,1-2H3. The van der Waals surface area contributed by atoms with Crippen LogP contribution in [-0.2, 0) is 9.53 Å². The van der Waals surface area contributed by atoms with Gasteiger partial charge in [0.25, 0.3) is 11.6 Å². The van der Waals surface area contributed by atoms with Crippen LogP contribution in [0.4, 0.5) is 5.69 Å². The maximum absolute atomic E-state index is 12.1. The first-order chi connectivity index (χ1) is 9.47. The fourth-order valence-electron chi connectivity index (χ4n) is 1.61. The smallest absolute Gasteiger partial charge is 0.307 e. The molecule has 0 aliphatic heterocycles. The van der Waals surface area contributed by atoms with Gasteiger partial charge in [-0.25, -0.2) is 0 Å². The Kier molecular flexibility index (Phi) is 5.64. The molecule has 0 saturated carbocycles. The van der Waals surface area contributed by atoms with Crippen LogP contribution >= 0.6 is 0 Å². The summed E-state index contributed by atoms with van der Waals surface area (Å²) in [6.45, 7) is 2.12. The van der Waals surface area contributed by atoms with Crippen molar-refractivity contribution in [2.45, 2.75) is 13.3 Å². The number of nitro groups is 1. The van der Waals surface area contributed by atoms with Gasteiger partial charge in [0.05, 0.1) is 18.0 Å². The highest BCUT2D eigenvalue weighted by Crippen LogP contribution is 2.19. The Morgan fingerprint density at radius 1 is 1.35 bits per heavy atom. The highest BCUT2D eigenvalue weighted by molar-refractivity contribution is 5.98. The molecular formula is C13H16N2O5. The van der Waals surface area contributed by atoms with Crippen LogP contribution in [-0.4, -0.2) is 41.9 Å². The summed E-state index contributed by atoms with van der Waals surface area (Å²) in [5, 5.41) is 10.9. The number of amides is 1. The predicted molar refractivity (Wildman–Crippen MR) is 71.3 cm³/mol. The normalized spacial score (nSPS) is 9.90. The lowest BCUT2D eigenvalue weighted by atomic mass is 10.1. The Balaban J connectivity index is 2.75. The van der Waals surface area contributed by atoms with Crippen LogP contribution < -0.4 is 0 Å². The van der Waals surface area contributed by atoms with Gasteiger partial charge in [-0.1, -0.05) is 12.1 Å². The second-order valence-electron chi connectivity index (χ2n) is 4.06. The molecule has 0 N–H and O–H groups in total. The lowest BCUT2D eigenvalue weighted by Crippen LogP contribution is -2.29. The minimum absolute atomic E-state index is 0.00357. The van der Waals surface area contributed by atoms with Crippen molar-refractivity contribution in [1.82, 2.24) is 4.90 Å². The molecule has 108 valence electrons. The van der Waals surface area contributed by atoms with E-state index < -0.39 is 16.8 Å². The number of ether oxygens (including phenoxy) is 1. The number of rotatable bonds is 6. The van der Waals surface area contributed by atoms with E-state index in [-0.39, 0.29) is 30.8 Å². The SMILES string of the molecule is CCOC(=O)CCN(C)C(=O)c1ccccc1[N+](=O)[O-]. The molecular weight excluding hydrogens is 264 g/mol. The second kappa shape index (κ2) is 7.22. The van der Waals surface area contributed by atoms with Gasteiger partial charge in [-0.15, -0.1) is 0 Å². The Morgan fingerprint density at radius 2 is 2.00 bits per heavy atom. The fraction of sp³-hybridized carbons (Fsp3) is 0.385. The zero-order valence-electron chi connectivity index (χ0n) is 11.4. The maximum Gasteiger partial charge on any atom is 0.307 e. The molecule has 0 bridgehead atoms. The number of nitro benzene ring substituents is 1. The third-order valence-corrected chi connectivity index (χ3v) is 2.63. The maximum atomic E-state index is 12.1. The Labute approximate surface area is 116 Å². The van der Waals surface area contributed by atoms with Crippen LogP contribution in [0, 0.1) is 10.1 Å². The highest BCUT2D eigenvalue weighted by atomic mass is 16.6. The summed E-state index contributed by atoms with van der Waals surface area (Å²) in [6, 6.07) is 5.71. The zero-order chi connectivity index (χ0) is 15.1. The van der Waals surface area contributed by atoms with E-state index in [1.807, 2.05) is 0 Å². The molecule has 0 heterocycles. The summed E-state index contributed by atoms with van der Waals surface area (Å²) in [5.41, 5.74) is -0.246. The average Bonchev–Trinajstić information content (AvgIpc) is 2.44. The monoisotopic (exact) mass is 280 g/mol. The molecule has 0 aromatic heterocycles. The molecule has 1 amide bonds. The number of para-hydroxylation sites is 1. The van der Waals surface area contributed by atoms with Crippen molar-refractivity contribution in [3.8, 4) is 0 Å². The topological polar surface area (TPSA) is 89.8 Å². The van der Waals surface area contributed by atoms with Crippen LogP contribution in [0.15, 0.2) is 24.3 Å². The van der Waals surface area contributed by atoms with Gasteiger partial charge < -0.3 is 9.64 Å². The minimum Gasteiger partial charge on any atom is -0.466 e. The van der Waals surface area contributed by atoms with E-state index in [1.165, 1.54) is 30.1 Å². The summed E-state index contributed by atoms with van der Waals surface area (Å²) < 4.78 is 4.75. The number of carbonyl (C=O) groups excluding carboxylic acids is 2. The van der Waals surface area contributed by atoms with Crippen LogP contribution in [0.5, 0.6) is 0 Å². The number of carbonyl (C=O) groups is 2. The molecule has 7 nitrogen and oxygen atoms in total. The third kappa shape index (κ3) is 4.04. The molecule has 0 radical (unpaired) electrons. The Hall–Kier alpha value is -2.44. The molecule has 0 aliphatic rings. The number of esters is 1. The van der Waals surface area contributed by atoms with E-state index in [0.29, 0.717) is 0 Å². The van der Waals surface area contributed by atoms with Crippen LogP contribution in [0.3, 0.4) is 0 Å². The minimum atomic E-state index is -0.605. The van der Waals surface area contributed by atoms with E-state index in [9.17, 15) is 19.7 Å². The van der Waals surface area contributed by atoms with Crippen molar-refractivity contribution < 1.29 is 19.2 Å². The lowest BCUT2D eigenvalue weighted by Gasteiger charge is -2.16. The van der Waals surface area contributed by atoms with Crippen LogP contribution in [0.25, 0.3) is 0 Å². The van der Waals surface area contributed by atoms with Gasteiger partial charge in [0.2, 0.25) is 0 Å². The quantitative estimate of drug-likeness (QED) is 0.448. The van der Waals surface area contributed by atoms with Crippen molar-refractivity contribution in [2.75, 3.05) is 20.2 Å². The third-order valence-electron chi connectivity index (χ3n) is 2.63. The first kappa shape index (κ1) is 15.6. The van der Waals surface area contributed by atoms with Gasteiger partial charge in [-0.2, -0.15) is 0 Å². The van der Waals surface area contributed by atoms with E-state index in [2.05, 4.69) is 0 Å². The molecule has 7 heteroatoms. The highest BCUT2D eigenvalue weighted by Gasteiger charge is 2.22. The summed E-state index contributed by atoms with van der Waals surface area (Å²) >= 11 is 0. The average molecular weight is 280 g/mol. The molecule has 1 aromatic rings. The number of nitrogens with zero attached hydrogens (tertiary/aromatic N) is 2. The van der Waals surface area contributed by atoms with Crippen LogP contribution in [0.2, 0.25) is 0 Å². The summed E-state index contributed by atoms with van der Waals surface area (Å²) in [6.07, 6.45) is 0.0523. The molecule has 0 saturated heterocycles. The molecule has 1 aromatic carbocycles. The molecule has 1 rings (SSSR count). The fourth-order valence-corrected chi connectivity index (χ4v) is 1.61. The predicted octanol–water partition coefficient (Wildman–Crippen LogP) is 1.62. The Morgan fingerprint density at radius 3 is 2.60 bits per heavy atom. The van der Waals surface area contributed by atoms with E-state index in [4.69, 9.17) is 4.74 Å².